The van der Waals surface area contributed by atoms with Gasteiger partial charge in [-0.05, 0) is 50.2 Å². The first-order valence-corrected chi connectivity index (χ1v) is 11.9. The van der Waals surface area contributed by atoms with Crippen LogP contribution in [-0.4, -0.2) is 48.1 Å². The second-order valence-electron chi connectivity index (χ2n) is 8.96. The van der Waals surface area contributed by atoms with Gasteiger partial charge in [0.15, 0.2) is 5.69 Å². The van der Waals surface area contributed by atoms with Gasteiger partial charge in [0.1, 0.15) is 18.1 Å². The molecule has 1 unspecified atom stereocenters. The highest BCUT2D eigenvalue weighted by molar-refractivity contribution is 5.93. The second kappa shape index (κ2) is 10.2. The minimum absolute atomic E-state index is 0.0271. The summed E-state index contributed by atoms with van der Waals surface area (Å²) in [5.74, 6) is 1.51. The number of carbonyl (C=O) groups is 2. The van der Waals surface area contributed by atoms with Crippen molar-refractivity contribution >= 4 is 11.8 Å². The summed E-state index contributed by atoms with van der Waals surface area (Å²) >= 11 is 0. The maximum absolute atomic E-state index is 13.3. The van der Waals surface area contributed by atoms with Gasteiger partial charge in [0.05, 0.1) is 12.0 Å². The van der Waals surface area contributed by atoms with Crippen molar-refractivity contribution < 1.29 is 18.8 Å². The first-order chi connectivity index (χ1) is 15.6. The zero-order valence-electron chi connectivity index (χ0n) is 18.9. The normalized spacial score (nSPS) is 22.3. The maximum Gasteiger partial charge on any atom is 0.276 e. The number of hydrogen-bond acceptors (Lipinski definition) is 5. The van der Waals surface area contributed by atoms with Gasteiger partial charge in [-0.15, -0.1) is 0 Å². The van der Waals surface area contributed by atoms with Crippen molar-refractivity contribution in [3.63, 3.8) is 0 Å². The Bertz CT molecular complexity index is 941. The Labute approximate surface area is 189 Å². The number of aryl methyl sites for hydroxylation is 2. The van der Waals surface area contributed by atoms with Crippen LogP contribution in [0.25, 0.3) is 0 Å². The van der Waals surface area contributed by atoms with Gasteiger partial charge >= 0.3 is 0 Å². The number of rotatable bonds is 3. The molecule has 0 bridgehead atoms. The average Bonchev–Trinajstić information content (AvgIpc) is 3.28. The number of hydrogen-bond donors (Lipinski definition) is 1. The topological polar surface area (TPSA) is 84.7 Å². The third-order valence-electron chi connectivity index (χ3n) is 6.59. The number of ether oxygens (including phenoxy) is 1. The molecule has 32 heavy (non-hydrogen) atoms. The van der Waals surface area contributed by atoms with Crippen molar-refractivity contribution in [1.29, 1.82) is 0 Å². The van der Waals surface area contributed by atoms with Crippen molar-refractivity contribution in [1.82, 2.24) is 15.4 Å². The monoisotopic (exact) mass is 439 g/mol. The lowest BCUT2D eigenvalue weighted by Gasteiger charge is -2.41. The third-order valence-corrected chi connectivity index (χ3v) is 6.59. The number of nitrogens with zero attached hydrogens (tertiary/aromatic N) is 2. The van der Waals surface area contributed by atoms with Gasteiger partial charge in [0.25, 0.3) is 5.91 Å². The highest BCUT2D eigenvalue weighted by Gasteiger charge is 2.43. The number of aromatic nitrogens is 1. The smallest absolute Gasteiger partial charge is 0.276 e. The van der Waals surface area contributed by atoms with E-state index >= 15 is 0 Å². The Kier molecular flexibility index (Phi) is 7.12. The minimum atomic E-state index is -0.567. The summed E-state index contributed by atoms with van der Waals surface area (Å²) in [6, 6.07) is 9.86. The first kappa shape index (κ1) is 22.4. The molecule has 1 saturated heterocycles. The molecule has 7 heteroatoms. The number of benzene rings is 1. The van der Waals surface area contributed by atoms with Gasteiger partial charge < -0.3 is 19.5 Å². The zero-order valence-corrected chi connectivity index (χ0v) is 18.9. The van der Waals surface area contributed by atoms with E-state index in [4.69, 9.17) is 9.26 Å². The fourth-order valence-corrected chi connectivity index (χ4v) is 4.89. The Balaban J connectivity index is 1.47. The Morgan fingerprint density at radius 2 is 2.06 bits per heavy atom. The van der Waals surface area contributed by atoms with Gasteiger partial charge in [-0.1, -0.05) is 36.7 Å². The molecule has 2 amide bonds. The number of nitrogens with one attached hydrogen (secondary N) is 1. The standard InChI is InChI=1S/C25H33N3O4/c1-2-8-20-17-21(27-32-20)23(29)28-15-7-13-25(18-28)12-6-5-10-19-9-3-4-11-22(19)31-16-14-26-24(25)30/h3-4,9,11,17H,2,5-8,10,12-16,18H2,1H3,(H,26,30). The number of piperidine rings is 1. The molecule has 0 aliphatic carbocycles. The summed E-state index contributed by atoms with van der Waals surface area (Å²) in [6.07, 6.45) is 6.89. The molecule has 2 aliphatic rings. The van der Waals surface area contributed by atoms with Crippen molar-refractivity contribution in [2.75, 3.05) is 26.2 Å². The van der Waals surface area contributed by atoms with Crippen LogP contribution in [-0.2, 0) is 17.6 Å². The second-order valence-corrected chi connectivity index (χ2v) is 8.96. The van der Waals surface area contributed by atoms with E-state index in [1.54, 1.807) is 11.0 Å². The Hall–Kier alpha value is -2.83. The van der Waals surface area contributed by atoms with E-state index in [9.17, 15) is 9.59 Å². The number of likely N-dealkylation sites (tertiary alicyclic amines) is 1. The summed E-state index contributed by atoms with van der Waals surface area (Å²) in [5.41, 5.74) is 0.981. The lowest BCUT2D eigenvalue weighted by molar-refractivity contribution is -0.134. The fraction of sp³-hybridized carbons (Fsp3) is 0.560. The molecule has 2 aliphatic heterocycles. The lowest BCUT2D eigenvalue weighted by Crippen LogP contribution is -2.54. The summed E-state index contributed by atoms with van der Waals surface area (Å²) in [7, 11) is 0. The Morgan fingerprint density at radius 1 is 1.22 bits per heavy atom. The average molecular weight is 440 g/mol. The molecular weight excluding hydrogens is 406 g/mol. The first-order valence-electron chi connectivity index (χ1n) is 11.9. The van der Waals surface area contributed by atoms with Crippen LogP contribution >= 0.6 is 0 Å². The van der Waals surface area contributed by atoms with Crippen molar-refractivity contribution in [2.24, 2.45) is 5.41 Å². The van der Waals surface area contributed by atoms with E-state index < -0.39 is 5.41 Å². The van der Waals surface area contributed by atoms with E-state index in [-0.39, 0.29) is 11.8 Å². The van der Waals surface area contributed by atoms with Crippen LogP contribution < -0.4 is 10.1 Å². The number of fused-ring (bicyclic) bond motifs is 1. The van der Waals surface area contributed by atoms with E-state index in [1.165, 1.54) is 5.56 Å². The largest absolute Gasteiger partial charge is 0.491 e. The highest BCUT2D eigenvalue weighted by Crippen LogP contribution is 2.37. The molecule has 172 valence electrons. The molecule has 0 saturated carbocycles. The molecule has 2 aromatic rings. The van der Waals surface area contributed by atoms with Gasteiger partial charge in [0.2, 0.25) is 5.91 Å². The van der Waals surface area contributed by atoms with E-state index in [1.807, 2.05) is 18.2 Å². The van der Waals surface area contributed by atoms with Gasteiger partial charge in [-0.3, -0.25) is 9.59 Å². The minimum Gasteiger partial charge on any atom is -0.491 e. The van der Waals surface area contributed by atoms with E-state index in [2.05, 4.69) is 23.5 Å². The van der Waals surface area contributed by atoms with Crippen molar-refractivity contribution in [2.45, 2.75) is 58.3 Å². The maximum atomic E-state index is 13.3. The fourth-order valence-electron chi connectivity index (χ4n) is 4.89. The van der Waals surface area contributed by atoms with Crippen molar-refractivity contribution in [3.8, 4) is 5.75 Å². The predicted molar refractivity (Wildman–Crippen MR) is 121 cm³/mol. The van der Waals surface area contributed by atoms with Gasteiger partial charge in [-0.2, -0.15) is 0 Å². The summed E-state index contributed by atoms with van der Waals surface area (Å²) in [6.45, 7) is 4.00. The SMILES string of the molecule is CCCc1cc(C(=O)N2CCCC3(CCCCc4ccccc4OCCNC3=O)C2)no1. The quantitative estimate of drug-likeness (QED) is 0.787. The highest BCUT2D eigenvalue weighted by atomic mass is 16.5. The summed E-state index contributed by atoms with van der Waals surface area (Å²) in [5, 5.41) is 7.06. The van der Waals surface area contributed by atoms with Gasteiger partial charge in [-0.25, -0.2) is 0 Å². The molecule has 1 N–H and O–H groups in total. The molecule has 1 aromatic carbocycles. The molecule has 4 rings (SSSR count). The summed E-state index contributed by atoms with van der Waals surface area (Å²) in [4.78, 5) is 28.2. The van der Waals surface area contributed by atoms with Crippen LogP contribution in [0.2, 0.25) is 0 Å². The molecule has 7 nitrogen and oxygen atoms in total. The van der Waals surface area contributed by atoms with Crippen LogP contribution in [0.4, 0.5) is 0 Å². The molecular formula is C25H33N3O4. The number of amides is 2. The van der Waals surface area contributed by atoms with Crippen molar-refractivity contribution in [3.05, 3.63) is 47.3 Å². The molecule has 1 spiro atoms. The number of para-hydroxylation sites is 1. The zero-order chi connectivity index (χ0) is 22.4. The number of carbonyl (C=O) groups excluding carboxylic acids is 2. The van der Waals surface area contributed by atoms with Crippen LogP contribution in [0.1, 0.15) is 67.3 Å². The Morgan fingerprint density at radius 3 is 2.94 bits per heavy atom. The molecule has 1 atom stereocenters. The molecule has 0 radical (unpaired) electrons. The molecule has 1 fully saturated rings. The van der Waals surface area contributed by atoms with Crippen LogP contribution in [0.3, 0.4) is 0 Å². The third kappa shape index (κ3) is 4.97. The molecule has 1 aromatic heterocycles. The van der Waals surface area contributed by atoms with Gasteiger partial charge in [0, 0.05) is 25.6 Å². The lowest BCUT2D eigenvalue weighted by atomic mass is 9.74. The predicted octanol–water partition coefficient (Wildman–Crippen LogP) is 3.77. The summed E-state index contributed by atoms with van der Waals surface area (Å²) < 4.78 is 11.2. The van der Waals surface area contributed by atoms with Crippen LogP contribution in [0.5, 0.6) is 5.75 Å². The van der Waals surface area contributed by atoms with E-state index in [0.29, 0.717) is 31.9 Å². The van der Waals surface area contributed by atoms with E-state index in [0.717, 1.165) is 62.9 Å². The van der Waals surface area contributed by atoms with Crippen LogP contribution in [0, 0.1) is 5.41 Å². The van der Waals surface area contributed by atoms with Crippen LogP contribution in [0.15, 0.2) is 34.9 Å². The molecule has 3 heterocycles.